The molecule has 4 rings (SSSR count). The topological polar surface area (TPSA) is 105 Å². The van der Waals surface area contributed by atoms with Crippen molar-refractivity contribution in [3.63, 3.8) is 0 Å². The highest BCUT2D eigenvalue weighted by molar-refractivity contribution is 5.83. The molecule has 7 heteroatoms. The van der Waals surface area contributed by atoms with Crippen molar-refractivity contribution in [2.45, 2.75) is 57.9 Å². The van der Waals surface area contributed by atoms with E-state index in [9.17, 15) is 14.4 Å². The van der Waals surface area contributed by atoms with Crippen LogP contribution in [-0.2, 0) is 14.3 Å². The van der Waals surface area contributed by atoms with Gasteiger partial charge < -0.3 is 20.5 Å². The molecule has 1 saturated carbocycles. The van der Waals surface area contributed by atoms with E-state index in [2.05, 4.69) is 34.9 Å². The summed E-state index contributed by atoms with van der Waals surface area (Å²) in [7, 11) is 0. The van der Waals surface area contributed by atoms with Crippen LogP contribution in [0.5, 0.6) is 0 Å². The zero-order chi connectivity index (χ0) is 25.0. The van der Waals surface area contributed by atoms with Gasteiger partial charge in [-0.1, -0.05) is 55.5 Å². The molecular weight excluding hydrogens is 444 g/mol. The van der Waals surface area contributed by atoms with Gasteiger partial charge in [0.15, 0.2) is 0 Å². The normalized spacial score (nSPS) is 20.4. The molecule has 0 spiro atoms. The first kappa shape index (κ1) is 24.8. The Morgan fingerprint density at radius 1 is 1.03 bits per heavy atom. The fourth-order valence-corrected chi connectivity index (χ4v) is 5.28. The molecule has 0 saturated heterocycles. The number of fused-ring (bicyclic) bond motifs is 3. The molecule has 0 bridgehead atoms. The SMILES string of the molecule is CCC(C)(CNC(=O)OCC1c2ccccc2-c2ccccc21)C(=O)NC1CCC(CC(=O)O)C1. The summed E-state index contributed by atoms with van der Waals surface area (Å²) in [6, 6.07) is 16.3. The molecule has 2 aliphatic carbocycles. The Morgan fingerprint density at radius 3 is 2.26 bits per heavy atom. The van der Waals surface area contributed by atoms with E-state index >= 15 is 0 Å². The molecule has 0 heterocycles. The molecule has 2 aliphatic rings. The number of carboxylic acids is 1. The second-order valence-electron chi connectivity index (χ2n) is 10.0. The van der Waals surface area contributed by atoms with Gasteiger partial charge in [0.05, 0.1) is 5.41 Å². The molecule has 7 nitrogen and oxygen atoms in total. The number of benzene rings is 2. The first-order valence-electron chi connectivity index (χ1n) is 12.4. The molecule has 3 atom stereocenters. The number of carboxylic acid groups (broad SMARTS) is 1. The van der Waals surface area contributed by atoms with E-state index in [1.54, 1.807) is 0 Å². The molecule has 0 radical (unpaired) electrons. The Bertz CT molecular complexity index is 1050. The van der Waals surface area contributed by atoms with Crippen molar-refractivity contribution in [3.8, 4) is 11.1 Å². The lowest BCUT2D eigenvalue weighted by Gasteiger charge is -2.29. The van der Waals surface area contributed by atoms with Crippen molar-refractivity contribution >= 4 is 18.0 Å². The number of ether oxygens (including phenoxy) is 1. The number of hydrogen-bond donors (Lipinski definition) is 3. The average Bonchev–Trinajstić information content (AvgIpc) is 3.42. The van der Waals surface area contributed by atoms with Crippen LogP contribution in [0, 0.1) is 11.3 Å². The second-order valence-corrected chi connectivity index (χ2v) is 10.0. The van der Waals surface area contributed by atoms with Crippen molar-refractivity contribution in [1.82, 2.24) is 10.6 Å². The summed E-state index contributed by atoms with van der Waals surface area (Å²) in [4.78, 5) is 36.6. The van der Waals surface area contributed by atoms with Crippen molar-refractivity contribution < 1.29 is 24.2 Å². The van der Waals surface area contributed by atoms with Crippen molar-refractivity contribution in [2.24, 2.45) is 11.3 Å². The third kappa shape index (κ3) is 5.50. The number of nitrogens with one attached hydrogen (secondary N) is 2. The van der Waals surface area contributed by atoms with Crippen LogP contribution < -0.4 is 10.6 Å². The number of carbonyl (C=O) groups is 3. The predicted molar refractivity (Wildman–Crippen MR) is 133 cm³/mol. The van der Waals surface area contributed by atoms with E-state index in [-0.39, 0.29) is 43.4 Å². The average molecular weight is 479 g/mol. The lowest BCUT2D eigenvalue weighted by molar-refractivity contribution is -0.138. The quantitative estimate of drug-likeness (QED) is 0.485. The van der Waals surface area contributed by atoms with Crippen LogP contribution in [0.4, 0.5) is 4.79 Å². The molecule has 0 aliphatic heterocycles. The Labute approximate surface area is 206 Å². The molecule has 1 fully saturated rings. The zero-order valence-corrected chi connectivity index (χ0v) is 20.4. The van der Waals surface area contributed by atoms with Gasteiger partial charge >= 0.3 is 12.1 Å². The van der Waals surface area contributed by atoms with E-state index in [4.69, 9.17) is 9.84 Å². The molecule has 2 amide bonds. The minimum atomic E-state index is -0.798. The summed E-state index contributed by atoms with van der Waals surface area (Å²) < 4.78 is 5.61. The number of aliphatic carboxylic acids is 1. The molecule has 35 heavy (non-hydrogen) atoms. The largest absolute Gasteiger partial charge is 0.481 e. The highest BCUT2D eigenvalue weighted by atomic mass is 16.5. The van der Waals surface area contributed by atoms with Gasteiger partial charge in [-0.2, -0.15) is 0 Å². The standard InChI is InChI=1S/C28H34N2O5/c1-3-28(2,26(33)30-19-13-12-18(14-19)15-25(31)32)17-29-27(34)35-16-24-22-10-6-4-8-20(22)21-9-5-7-11-23(21)24/h4-11,18-19,24H,3,12-17H2,1-2H3,(H,29,34)(H,30,33)(H,31,32). The Kier molecular flexibility index (Phi) is 7.43. The van der Waals surface area contributed by atoms with E-state index in [1.807, 2.05) is 38.1 Å². The minimum absolute atomic E-state index is 0.0184. The van der Waals surface area contributed by atoms with E-state index in [0.717, 1.165) is 24.0 Å². The first-order chi connectivity index (χ1) is 16.8. The van der Waals surface area contributed by atoms with Crippen molar-refractivity contribution in [3.05, 3.63) is 59.7 Å². The maximum Gasteiger partial charge on any atom is 0.407 e. The van der Waals surface area contributed by atoms with Gasteiger partial charge in [-0.15, -0.1) is 0 Å². The second kappa shape index (κ2) is 10.5. The molecule has 0 aromatic heterocycles. The lowest BCUT2D eigenvalue weighted by atomic mass is 9.86. The van der Waals surface area contributed by atoms with Crippen LogP contribution in [-0.4, -0.2) is 42.3 Å². The molecule has 2 aromatic rings. The third-order valence-corrected chi connectivity index (χ3v) is 7.63. The summed E-state index contributed by atoms with van der Waals surface area (Å²) in [5.74, 6) is -0.840. The van der Waals surface area contributed by atoms with Crippen LogP contribution in [0.25, 0.3) is 11.1 Å². The Balaban J connectivity index is 1.30. The Hall–Kier alpha value is -3.35. The smallest absolute Gasteiger partial charge is 0.407 e. The number of carbonyl (C=O) groups excluding carboxylic acids is 2. The van der Waals surface area contributed by atoms with Crippen molar-refractivity contribution in [2.75, 3.05) is 13.2 Å². The van der Waals surface area contributed by atoms with Crippen LogP contribution in [0.1, 0.15) is 63.0 Å². The van der Waals surface area contributed by atoms with Gasteiger partial charge in [0, 0.05) is 24.9 Å². The van der Waals surface area contributed by atoms with Gasteiger partial charge in [0.1, 0.15) is 6.61 Å². The number of alkyl carbamates (subject to hydrolysis) is 1. The highest BCUT2D eigenvalue weighted by Crippen LogP contribution is 2.44. The first-order valence-corrected chi connectivity index (χ1v) is 12.4. The summed E-state index contributed by atoms with van der Waals surface area (Å²) in [5, 5.41) is 14.9. The van der Waals surface area contributed by atoms with Gasteiger partial charge in [0.2, 0.25) is 5.91 Å². The monoisotopic (exact) mass is 478 g/mol. The summed E-state index contributed by atoms with van der Waals surface area (Å²) in [5.41, 5.74) is 3.86. The van der Waals surface area contributed by atoms with Crippen molar-refractivity contribution in [1.29, 1.82) is 0 Å². The van der Waals surface area contributed by atoms with Gasteiger partial charge in [0.25, 0.3) is 0 Å². The van der Waals surface area contributed by atoms with Gasteiger partial charge in [-0.05, 0) is 60.8 Å². The summed E-state index contributed by atoms with van der Waals surface area (Å²) >= 11 is 0. The summed E-state index contributed by atoms with van der Waals surface area (Å²) in [6.45, 7) is 4.13. The maximum absolute atomic E-state index is 13.0. The summed E-state index contributed by atoms with van der Waals surface area (Å²) in [6.07, 6.45) is 2.41. The van der Waals surface area contributed by atoms with Crippen LogP contribution in [0.2, 0.25) is 0 Å². The lowest BCUT2D eigenvalue weighted by Crippen LogP contribution is -2.49. The molecular formula is C28H34N2O5. The number of hydrogen-bond acceptors (Lipinski definition) is 4. The van der Waals surface area contributed by atoms with Crippen LogP contribution >= 0.6 is 0 Å². The Morgan fingerprint density at radius 2 is 1.66 bits per heavy atom. The zero-order valence-electron chi connectivity index (χ0n) is 20.4. The van der Waals surface area contributed by atoms with E-state index in [1.165, 1.54) is 11.1 Å². The molecule has 3 N–H and O–H groups in total. The molecule has 2 aromatic carbocycles. The predicted octanol–water partition coefficient (Wildman–Crippen LogP) is 4.70. The van der Waals surface area contributed by atoms with Gasteiger partial charge in [-0.25, -0.2) is 4.79 Å². The molecule has 186 valence electrons. The fraction of sp³-hybridized carbons (Fsp3) is 0.464. The van der Waals surface area contributed by atoms with Crippen LogP contribution in [0.3, 0.4) is 0 Å². The number of amides is 2. The fourth-order valence-electron chi connectivity index (χ4n) is 5.28. The highest BCUT2D eigenvalue weighted by Gasteiger charge is 2.36. The maximum atomic E-state index is 13.0. The van der Waals surface area contributed by atoms with E-state index in [0.29, 0.717) is 12.8 Å². The molecule has 3 unspecified atom stereocenters. The van der Waals surface area contributed by atoms with Gasteiger partial charge in [-0.3, -0.25) is 9.59 Å². The minimum Gasteiger partial charge on any atom is -0.481 e. The number of rotatable bonds is 9. The van der Waals surface area contributed by atoms with Crippen LogP contribution in [0.15, 0.2) is 48.5 Å². The van der Waals surface area contributed by atoms with E-state index < -0.39 is 17.5 Å². The third-order valence-electron chi connectivity index (χ3n) is 7.63.